The van der Waals surface area contributed by atoms with Gasteiger partial charge in [0.05, 0.1) is 10.8 Å². The Morgan fingerprint density at radius 1 is 1.38 bits per heavy atom. The summed E-state index contributed by atoms with van der Waals surface area (Å²) < 4.78 is 2.22. The minimum absolute atomic E-state index is 0.0441. The maximum absolute atomic E-state index is 12.8. The van der Waals surface area contributed by atoms with Crippen molar-refractivity contribution in [2.75, 3.05) is 13.1 Å². The number of amides is 1. The van der Waals surface area contributed by atoms with E-state index in [9.17, 15) is 9.59 Å². The summed E-state index contributed by atoms with van der Waals surface area (Å²) >= 11 is 2.78. The Bertz CT molecular complexity index is 804. The summed E-state index contributed by atoms with van der Waals surface area (Å²) in [4.78, 5) is 31.7. The summed E-state index contributed by atoms with van der Waals surface area (Å²) in [6.45, 7) is 7.95. The third kappa shape index (κ3) is 3.37. The minimum atomic E-state index is -0.253. The zero-order valence-electron chi connectivity index (χ0n) is 14.5. The highest BCUT2D eigenvalue weighted by molar-refractivity contribution is 8.00. The van der Waals surface area contributed by atoms with Crippen molar-refractivity contribution in [2.45, 2.75) is 37.6 Å². The number of rotatable bonds is 3. The molecule has 0 spiro atoms. The Kier molecular flexibility index (Phi) is 5.01. The van der Waals surface area contributed by atoms with Crippen LogP contribution in [0.5, 0.6) is 0 Å². The maximum atomic E-state index is 12.8. The second-order valence-corrected chi connectivity index (χ2v) is 9.07. The van der Waals surface area contributed by atoms with Gasteiger partial charge in [0.1, 0.15) is 4.70 Å². The molecule has 0 aliphatic carbocycles. The van der Waals surface area contributed by atoms with Gasteiger partial charge in [0.2, 0.25) is 5.91 Å². The molecule has 3 heterocycles. The normalized spacial score (nSPS) is 22.8. The molecule has 1 saturated heterocycles. The van der Waals surface area contributed by atoms with Gasteiger partial charge < -0.3 is 4.90 Å². The average molecular weight is 366 g/mol. The van der Waals surface area contributed by atoms with E-state index in [1.54, 1.807) is 11.6 Å². The monoisotopic (exact) mass is 365 g/mol. The molecule has 2 aromatic heterocycles. The van der Waals surface area contributed by atoms with E-state index in [1.165, 1.54) is 29.5 Å². The Morgan fingerprint density at radius 2 is 2.04 bits per heavy atom. The number of hydrogen-bond donors (Lipinski definition) is 0. The topological polar surface area (TPSA) is 55.2 Å². The third-order valence-electron chi connectivity index (χ3n) is 4.46. The molecule has 0 N–H and O–H groups in total. The largest absolute Gasteiger partial charge is 0.341 e. The van der Waals surface area contributed by atoms with Gasteiger partial charge in [-0.2, -0.15) is 0 Å². The molecule has 0 saturated carbocycles. The Morgan fingerprint density at radius 3 is 2.71 bits per heavy atom. The molecular formula is C17H23N3O2S2. The van der Waals surface area contributed by atoms with Gasteiger partial charge in [-0.25, -0.2) is 4.98 Å². The number of hydrogen-bond acceptors (Lipinski definition) is 5. The summed E-state index contributed by atoms with van der Waals surface area (Å²) in [5.41, 5.74) is 0.669. The van der Waals surface area contributed by atoms with Crippen molar-refractivity contribution in [2.24, 2.45) is 18.9 Å². The number of piperidine rings is 1. The van der Waals surface area contributed by atoms with Crippen LogP contribution in [0.25, 0.3) is 10.2 Å². The van der Waals surface area contributed by atoms with Crippen molar-refractivity contribution in [3.05, 3.63) is 21.8 Å². The van der Waals surface area contributed by atoms with Crippen LogP contribution < -0.4 is 5.56 Å². The molecule has 0 aromatic carbocycles. The molecule has 3 rings (SSSR count). The molecule has 2 aromatic rings. The van der Waals surface area contributed by atoms with Crippen LogP contribution in [0, 0.1) is 11.8 Å². The van der Waals surface area contributed by atoms with Crippen molar-refractivity contribution in [1.82, 2.24) is 14.5 Å². The van der Waals surface area contributed by atoms with Crippen molar-refractivity contribution in [1.29, 1.82) is 0 Å². The fourth-order valence-corrected chi connectivity index (χ4v) is 5.15. The lowest BCUT2D eigenvalue weighted by Crippen LogP contribution is -2.45. The summed E-state index contributed by atoms with van der Waals surface area (Å²) in [6, 6.07) is 1.85. The van der Waals surface area contributed by atoms with Crippen LogP contribution in [0.15, 0.2) is 21.4 Å². The van der Waals surface area contributed by atoms with Crippen LogP contribution >= 0.6 is 23.1 Å². The van der Waals surface area contributed by atoms with Gasteiger partial charge in [0, 0.05) is 20.1 Å². The van der Waals surface area contributed by atoms with Crippen molar-refractivity contribution >= 4 is 39.2 Å². The average Bonchev–Trinajstić information content (AvgIpc) is 2.99. The number of aromatic nitrogens is 2. The lowest BCUT2D eigenvalue weighted by Gasteiger charge is -2.36. The Labute approximate surface area is 150 Å². The lowest BCUT2D eigenvalue weighted by molar-refractivity contribution is -0.132. The first-order valence-corrected chi connectivity index (χ1v) is 10.0. The summed E-state index contributed by atoms with van der Waals surface area (Å²) in [5, 5.41) is 2.22. The zero-order chi connectivity index (χ0) is 17.4. The number of nitrogens with zero attached hydrogens (tertiary/aromatic N) is 3. The van der Waals surface area contributed by atoms with Gasteiger partial charge in [0.25, 0.3) is 5.56 Å². The molecule has 5 nitrogen and oxygen atoms in total. The highest BCUT2D eigenvalue weighted by Gasteiger charge is 2.29. The van der Waals surface area contributed by atoms with Gasteiger partial charge in [-0.15, -0.1) is 11.3 Å². The van der Waals surface area contributed by atoms with E-state index in [0.29, 0.717) is 27.2 Å². The fraction of sp³-hybridized carbons (Fsp3) is 0.588. The van der Waals surface area contributed by atoms with Gasteiger partial charge in [-0.3, -0.25) is 14.2 Å². The predicted molar refractivity (Wildman–Crippen MR) is 99.7 cm³/mol. The zero-order valence-corrected chi connectivity index (χ0v) is 16.1. The molecule has 1 amide bonds. The van der Waals surface area contributed by atoms with E-state index < -0.39 is 0 Å². The molecule has 3 unspecified atom stereocenters. The molecule has 1 aliphatic heterocycles. The fourth-order valence-electron chi connectivity index (χ4n) is 3.38. The van der Waals surface area contributed by atoms with Crippen LogP contribution in [-0.2, 0) is 11.8 Å². The lowest BCUT2D eigenvalue weighted by atomic mass is 9.92. The van der Waals surface area contributed by atoms with Crippen LogP contribution in [0.4, 0.5) is 0 Å². The predicted octanol–water partition coefficient (Wildman–Crippen LogP) is 2.98. The molecule has 1 fully saturated rings. The van der Waals surface area contributed by atoms with E-state index in [1.807, 2.05) is 23.3 Å². The second kappa shape index (κ2) is 6.88. The maximum Gasteiger partial charge on any atom is 0.271 e. The van der Waals surface area contributed by atoms with E-state index in [-0.39, 0.29) is 16.7 Å². The van der Waals surface area contributed by atoms with Crippen molar-refractivity contribution in [3.63, 3.8) is 0 Å². The van der Waals surface area contributed by atoms with Gasteiger partial charge >= 0.3 is 0 Å². The van der Waals surface area contributed by atoms with E-state index in [4.69, 9.17) is 0 Å². The number of fused-ring (bicyclic) bond motifs is 1. The summed E-state index contributed by atoms with van der Waals surface area (Å²) in [5.74, 6) is 1.22. The minimum Gasteiger partial charge on any atom is -0.341 e. The molecule has 130 valence electrons. The SMILES string of the molecule is CC1CC(C)CN(C(=O)C(C)Sc2nc3ccsc3c(=O)n2C)C1. The molecule has 0 radical (unpaired) electrons. The first-order valence-electron chi connectivity index (χ1n) is 8.26. The molecule has 1 aliphatic rings. The number of carbonyl (C=O) groups is 1. The molecule has 24 heavy (non-hydrogen) atoms. The standard InChI is InChI=1S/C17H23N3O2S2/c1-10-7-11(2)9-20(8-10)15(21)12(3)24-17-18-13-5-6-23-14(13)16(22)19(17)4/h5-6,10-12H,7-9H2,1-4H3. The highest BCUT2D eigenvalue weighted by Crippen LogP contribution is 2.27. The quantitative estimate of drug-likeness (QED) is 0.620. The van der Waals surface area contributed by atoms with Crippen LogP contribution in [0.3, 0.4) is 0 Å². The third-order valence-corrected chi connectivity index (χ3v) is 6.48. The highest BCUT2D eigenvalue weighted by atomic mass is 32.2. The first kappa shape index (κ1) is 17.5. The van der Waals surface area contributed by atoms with Crippen LogP contribution in [0.2, 0.25) is 0 Å². The number of carbonyl (C=O) groups excluding carboxylic acids is 1. The second-order valence-electron chi connectivity index (χ2n) is 6.84. The van der Waals surface area contributed by atoms with Gasteiger partial charge in [-0.05, 0) is 36.6 Å². The summed E-state index contributed by atoms with van der Waals surface area (Å²) in [7, 11) is 1.72. The van der Waals surface area contributed by atoms with Crippen LogP contribution in [0.1, 0.15) is 27.2 Å². The van der Waals surface area contributed by atoms with E-state index in [0.717, 1.165) is 13.1 Å². The number of likely N-dealkylation sites (tertiary alicyclic amines) is 1. The van der Waals surface area contributed by atoms with E-state index >= 15 is 0 Å². The molecule has 0 bridgehead atoms. The Hall–Kier alpha value is -1.34. The first-order chi connectivity index (χ1) is 11.4. The number of thioether (sulfide) groups is 1. The molecule has 7 heteroatoms. The van der Waals surface area contributed by atoms with Gasteiger partial charge in [0.15, 0.2) is 5.16 Å². The smallest absolute Gasteiger partial charge is 0.271 e. The van der Waals surface area contributed by atoms with Crippen molar-refractivity contribution in [3.8, 4) is 0 Å². The van der Waals surface area contributed by atoms with Crippen LogP contribution in [-0.4, -0.2) is 38.7 Å². The number of thiophene rings is 1. The molecule has 3 atom stereocenters. The molecular weight excluding hydrogens is 342 g/mol. The van der Waals surface area contributed by atoms with E-state index in [2.05, 4.69) is 18.8 Å². The van der Waals surface area contributed by atoms with Crippen molar-refractivity contribution < 1.29 is 4.79 Å². The summed E-state index contributed by atoms with van der Waals surface area (Å²) in [6.07, 6.45) is 1.18. The van der Waals surface area contributed by atoms with Gasteiger partial charge in [-0.1, -0.05) is 25.6 Å². The Balaban J connectivity index is 1.79.